The molecule has 0 saturated heterocycles. The van der Waals surface area contributed by atoms with Gasteiger partial charge in [0.05, 0.1) is 13.2 Å². The average molecular weight is 263 g/mol. The molecule has 2 N–H and O–H groups in total. The first-order valence-corrected chi connectivity index (χ1v) is 5.72. The summed E-state index contributed by atoms with van der Waals surface area (Å²) in [5.74, 6) is -0.453. The zero-order valence-corrected chi connectivity index (χ0v) is 10.6. The average Bonchev–Trinajstić information content (AvgIpc) is 2.89. The van der Waals surface area contributed by atoms with E-state index in [0.29, 0.717) is 16.9 Å². The normalized spacial score (nSPS) is 12.2. The second-order valence-corrected chi connectivity index (χ2v) is 4.18. The van der Waals surface area contributed by atoms with Gasteiger partial charge in [0.1, 0.15) is 11.6 Å². The molecule has 2 aromatic rings. The van der Waals surface area contributed by atoms with Gasteiger partial charge in [-0.1, -0.05) is 12.1 Å². The Morgan fingerprint density at radius 2 is 2.11 bits per heavy atom. The summed E-state index contributed by atoms with van der Waals surface area (Å²) in [6.07, 6.45) is 0. The molecule has 100 valence electrons. The maximum atomic E-state index is 13.5. The van der Waals surface area contributed by atoms with Crippen molar-refractivity contribution in [2.75, 3.05) is 7.11 Å². The van der Waals surface area contributed by atoms with E-state index >= 15 is 0 Å². The van der Waals surface area contributed by atoms with Crippen molar-refractivity contribution in [1.29, 1.82) is 0 Å². The lowest BCUT2D eigenvalue weighted by molar-refractivity contribution is 0.0562. The molecule has 1 unspecified atom stereocenters. The number of carbonyl (C=O) groups excluding carboxylic acids is 1. The first kappa shape index (κ1) is 13.3. The van der Waals surface area contributed by atoms with E-state index in [1.54, 1.807) is 25.1 Å². The molecule has 5 heteroatoms. The topological polar surface area (TPSA) is 65.5 Å². The number of hydrogen-bond donors (Lipinski definition) is 1. The van der Waals surface area contributed by atoms with Crippen LogP contribution in [0.15, 0.2) is 34.7 Å². The van der Waals surface area contributed by atoms with E-state index in [1.807, 2.05) is 0 Å². The molecule has 0 radical (unpaired) electrons. The maximum absolute atomic E-state index is 13.5. The van der Waals surface area contributed by atoms with Gasteiger partial charge in [-0.2, -0.15) is 0 Å². The molecule has 19 heavy (non-hydrogen) atoms. The molecular weight excluding hydrogens is 249 g/mol. The van der Waals surface area contributed by atoms with Gasteiger partial charge in [-0.05, 0) is 36.2 Å². The Hall–Kier alpha value is -2.14. The minimum absolute atomic E-state index is 0.0699. The molecule has 1 aromatic carbocycles. The minimum Gasteiger partial charge on any atom is -0.463 e. The van der Waals surface area contributed by atoms with Crippen molar-refractivity contribution in [2.45, 2.75) is 13.0 Å². The highest BCUT2D eigenvalue weighted by Gasteiger charge is 2.17. The number of ether oxygens (including phenoxy) is 1. The van der Waals surface area contributed by atoms with Crippen LogP contribution in [0.4, 0.5) is 4.39 Å². The lowest BCUT2D eigenvalue weighted by atomic mass is 10.0. The summed E-state index contributed by atoms with van der Waals surface area (Å²) in [4.78, 5) is 11.3. The zero-order chi connectivity index (χ0) is 14.0. The molecule has 0 fully saturated rings. The number of benzene rings is 1. The highest BCUT2D eigenvalue weighted by molar-refractivity contribution is 5.86. The number of nitrogens with two attached hydrogens (primary N) is 1. The predicted molar refractivity (Wildman–Crippen MR) is 67.2 cm³/mol. The van der Waals surface area contributed by atoms with Gasteiger partial charge in [0.25, 0.3) is 0 Å². The van der Waals surface area contributed by atoms with Crippen LogP contribution in [0.5, 0.6) is 0 Å². The number of rotatable bonds is 3. The minimum atomic E-state index is -0.631. The smallest absolute Gasteiger partial charge is 0.373 e. The fourth-order valence-electron chi connectivity index (χ4n) is 1.70. The number of furan rings is 1. The van der Waals surface area contributed by atoms with Crippen molar-refractivity contribution < 1.29 is 18.3 Å². The number of hydrogen-bond acceptors (Lipinski definition) is 4. The third-order valence-electron chi connectivity index (χ3n) is 2.87. The van der Waals surface area contributed by atoms with Gasteiger partial charge < -0.3 is 14.9 Å². The van der Waals surface area contributed by atoms with E-state index in [-0.39, 0.29) is 11.6 Å². The van der Waals surface area contributed by atoms with Crippen LogP contribution in [0.2, 0.25) is 0 Å². The van der Waals surface area contributed by atoms with Crippen molar-refractivity contribution in [3.05, 3.63) is 58.8 Å². The Bertz CT molecular complexity index is 606. The molecule has 4 nitrogen and oxygen atoms in total. The number of aryl methyl sites for hydroxylation is 1. The molecule has 1 atom stereocenters. The quantitative estimate of drug-likeness (QED) is 0.864. The molecule has 2 rings (SSSR count). The zero-order valence-electron chi connectivity index (χ0n) is 10.6. The summed E-state index contributed by atoms with van der Waals surface area (Å²) in [5.41, 5.74) is 7.10. The van der Waals surface area contributed by atoms with Gasteiger partial charge >= 0.3 is 5.97 Å². The Labute approximate surface area is 110 Å². The van der Waals surface area contributed by atoms with Crippen molar-refractivity contribution in [3.63, 3.8) is 0 Å². The largest absolute Gasteiger partial charge is 0.463 e. The lowest BCUT2D eigenvalue weighted by Crippen LogP contribution is -2.11. The molecule has 0 bridgehead atoms. The Balaban J connectivity index is 2.28. The molecule has 0 saturated carbocycles. The van der Waals surface area contributed by atoms with Gasteiger partial charge in [-0.15, -0.1) is 0 Å². The van der Waals surface area contributed by atoms with Crippen LogP contribution in [-0.4, -0.2) is 13.1 Å². The third-order valence-corrected chi connectivity index (χ3v) is 2.87. The van der Waals surface area contributed by atoms with Crippen LogP contribution >= 0.6 is 0 Å². The highest BCUT2D eigenvalue weighted by atomic mass is 19.1. The van der Waals surface area contributed by atoms with Crippen LogP contribution in [0, 0.1) is 12.7 Å². The Morgan fingerprint density at radius 3 is 2.74 bits per heavy atom. The van der Waals surface area contributed by atoms with Crippen LogP contribution in [0.25, 0.3) is 0 Å². The van der Waals surface area contributed by atoms with Crippen molar-refractivity contribution in [2.24, 2.45) is 5.73 Å². The number of carbonyl (C=O) groups is 1. The van der Waals surface area contributed by atoms with Gasteiger partial charge in [0, 0.05) is 0 Å². The summed E-state index contributed by atoms with van der Waals surface area (Å²) in [5, 5.41) is 0. The van der Waals surface area contributed by atoms with Crippen LogP contribution in [0.3, 0.4) is 0 Å². The first-order valence-electron chi connectivity index (χ1n) is 5.72. The maximum Gasteiger partial charge on any atom is 0.373 e. The van der Waals surface area contributed by atoms with E-state index in [4.69, 9.17) is 10.2 Å². The second kappa shape index (κ2) is 5.24. The Morgan fingerprint density at radius 1 is 1.37 bits per heavy atom. The third kappa shape index (κ3) is 2.66. The summed E-state index contributed by atoms with van der Waals surface area (Å²) in [6, 6.07) is 7.16. The predicted octanol–water partition coefficient (Wildman–Crippen LogP) is 2.56. The number of methoxy groups -OCH3 is 1. The van der Waals surface area contributed by atoms with Crippen molar-refractivity contribution in [1.82, 2.24) is 0 Å². The van der Waals surface area contributed by atoms with E-state index in [1.165, 1.54) is 19.2 Å². The fourth-order valence-corrected chi connectivity index (χ4v) is 1.70. The molecule has 0 aliphatic rings. The van der Waals surface area contributed by atoms with E-state index in [9.17, 15) is 9.18 Å². The van der Waals surface area contributed by atoms with Crippen LogP contribution < -0.4 is 5.73 Å². The summed E-state index contributed by atoms with van der Waals surface area (Å²) in [7, 11) is 1.26. The van der Waals surface area contributed by atoms with Crippen molar-refractivity contribution >= 4 is 5.97 Å². The molecular formula is C14H14FNO3. The molecule has 0 aliphatic carbocycles. The van der Waals surface area contributed by atoms with Gasteiger partial charge in [0.15, 0.2) is 0 Å². The molecule has 1 aromatic heterocycles. The number of halogens is 1. The first-order chi connectivity index (χ1) is 9.02. The highest BCUT2D eigenvalue weighted by Crippen LogP contribution is 2.23. The van der Waals surface area contributed by atoms with Crippen LogP contribution in [0.1, 0.15) is 33.5 Å². The van der Waals surface area contributed by atoms with Crippen molar-refractivity contribution in [3.8, 4) is 0 Å². The van der Waals surface area contributed by atoms with Gasteiger partial charge in [0.2, 0.25) is 5.76 Å². The summed E-state index contributed by atoms with van der Waals surface area (Å²) >= 11 is 0. The van der Waals surface area contributed by atoms with E-state index < -0.39 is 12.0 Å². The summed E-state index contributed by atoms with van der Waals surface area (Å²) in [6.45, 7) is 1.67. The SMILES string of the molecule is COC(=O)c1ccc(C(N)c2ccc(C)c(F)c2)o1. The van der Waals surface area contributed by atoms with Crippen LogP contribution in [-0.2, 0) is 4.74 Å². The van der Waals surface area contributed by atoms with Gasteiger partial charge in [-0.3, -0.25) is 0 Å². The Kier molecular flexibility index (Phi) is 3.66. The molecule has 0 aliphatic heterocycles. The fraction of sp³-hybridized carbons (Fsp3) is 0.214. The van der Waals surface area contributed by atoms with E-state index in [0.717, 1.165) is 0 Å². The monoisotopic (exact) mass is 263 g/mol. The molecule has 0 amide bonds. The number of esters is 1. The standard InChI is InChI=1S/C14H14FNO3/c1-8-3-4-9(7-10(8)15)13(16)11-5-6-12(19-11)14(17)18-2/h3-7,13H,16H2,1-2H3. The van der Waals surface area contributed by atoms with E-state index in [2.05, 4.69) is 4.74 Å². The lowest BCUT2D eigenvalue weighted by Gasteiger charge is -2.10. The molecule has 1 heterocycles. The summed E-state index contributed by atoms with van der Waals surface area (Å²) < 4.78 is 23.3. The second-order valence-electron chi connectivity index (χ2n) is 4.18. The molecule has 0 spiro atoms. The van der Waals surface area contributed by atoms with Gasteiger partial charge in [-0.25, -0.2) is 9.18 Å².